The summed E-state index contributed by atoms with van der Waals surface area (Å²) < 4.78 is 13.8. The molecule has 0 aliphatic carbocycles. The molecule has 0 aliphatic rings. The monoisotopic (exact) mass is 353 g/mol. The Hall–Kier alpha value is -2.02. The van der Waals surface area contributed by atoms with Crippen molar-refractivity contribution in [3.8, 4) is 0 Å². The molecule has 2 rings (SSSR count). The second kappa shape index (κ2) is 6.17. The van der Waals surface area contributed by atoms with Crippen molar-refractivity contribution in [2.24, 2.45) is 0 Å². The van der Waals surface area contributed by atoms with E-state index in [1.807, 2.05) is 6.92 Å². The number of pyridine rings is 1. The maximum absolute atomic E-state index is 13.2. The molecule has 1 heterocycles. The summed E-state index contributed by atoms with van der Waals surface area (Å²) in [5, 5.41) is 14.0. The third-order valence-electron chi connectivity index (χ3n) is 3.14. The Morgan fingerprint density at radius 1 is 1.48 bits per heavy atom. The van der Waals surface area contributed by atoms with E-state index in [0.717, 1.165) is 5.56 Å². The van der Waals surface area contributed by atoms with E-state index in [4.69, 9.17) is 0 Å². The maximum Gasteiger partial charge on any atom is 0.291 e. The van der Waals surface area contributed by atoms with E-state index < -0.39 is 4.92 Å². The Labute approximate surface area is 129 Å². The first-order chi connectivity index (χ1) is 9.90. The van der Waals surface area contributed by atoms with E-state index in [1.165, 1.54) is 18.3 Å². The Morgan fingerprint density at radius 2 is 2.19 bits per heavy atom. The van der Waals surface area contributed by atoms with Gasteiger partial charge >= 0.3 is 0 Å². The molecule has 0 spiro atoms. The Morgan fingerprint density at radius 3 is 2.81 bits per heavy atom. The molecular formula is C14H13BrFN3O2. The van der Waals surface area contributed by atoms with Crippen molar-refractivity contribution >= 4 is 27.4 Å². The van der Waals surface area contributed by atoms with Crippen molar-refractivity contribution in [3.05, 3.63) is 62.0 Å². The highest BCUT2D eigenvalue weighted by Crippen LogP contribution is 2.32. The van der Waals surface area contributed by atoms with Crippen LogP contribution in [-0.2, 0) is 0 Å². The van der Waals surface area contributed by atoms with Crippen LogP contribution in [0, 0.1) is 22.9 Å². The highest BCUT2D eigenvalue weighted by Gasteiger charge is 2.18. The summed E-state index contributed by atoms with van der Waals surface area (Å²) in [5.41, 5.74) is 1.20. The summed E-state index contributed by atoms with van der Waals surface area (Å²) in [4.78, 5) is 14.4. The second-order valence-electron chi connectivity index (χ2n) is 4.61. The van der Waals surface area contributed by atoms with Gasteiger partial charge in [-0.15, -0.1) is 0 Å². The molecule has 0 saturated heterocycles. The molecule has 7 heteroatoms. The summed E-state index contributed by atoms with van der Waals surface area (Å²) in [7, 11) is 0. The zero-order valence-corrected chi connectivity index (χ0v) is 13.0. The lowest BCUT2D eigenvalue weighted by atomic mass is 10.1. The molecule has 21 heavy (non-hydrogen) atoms. The van der Waals surface area contributed by atoms with Gasteiger partial charge in [-0.1, -0.05) is 12.1 Å². The third-order valence-corrected chi connectivity index (χ3v) is 4.11. The SMILES string of the molecule is Cc1c([N+](=O)[O-])cnc(NC(C)c2cccc(F)c2)c1Br. The van der Waals surface area contributed by atoms with Gasteiger partial charge in [-0.2, -0.15) is 0 Å². The van der Waals surface area contributed by atoms with Crippen LogP contribution < -0.4 is 5.32 Å². The first-order valence-electron chi connectivity index (χ1n) is 6.21. The van der Waals surface area contributed by atoms with Crippen molar-refractivity contribution < 1.29 is 9.31 Å². The zero-order chi connectivity index (χ0) is 15.6. The van der Waals surface area contributed by atoms with Crippen molar-refractivity contribution in [1.82, 2.24) is 4.98 Å². The highest BCUT2D eigenvalue weighted by atomic mass is 79.9. The number of hydrogen-bond acceptors (Lipinski definition) is 4. The summed E-state index contributed by atoms with van der Waals surface area (Å²) in [6.45, 7) is 3.50. The molecular weight excluding hydrogens is 341 g/mol. The molecule has 5 nitrogen and oxygen atoms in total. The summed E-state index contributed by atoms with van der Waals surface area (Å²) in [5.74, 6) is 0.169. The molecule has 0 saturated carbocycles. The van der Waals surface area contributed by atoms with Gasteiger partial charge in [0.2, 0.25) is 0 Å². The van der Waals surface area contributed by atoms with Gasteiger partial charge in [-0.25, -0.2) is 9.37 Å². The van der Waals surface area contributed by atoms with Gasteiger partial charge in [0.25, 0.3) is 5.69 Å². The maximum atomic E-state index is 13.2. The van der Waals surface area contributed by atoms with Crippen LogP contribution in [0.4, 0.5) is 15.9 Å². The van der Waals surface area contributed by atoms with Crippen molar-refractivity contribution in [2.45, 2.75) is 19.9 Å². The normalized spacial score (nSPS) is 12.0. The minimum atomic E-state index is -0.479. The lowest BCUT2D eigenvalue weighted by molar-refractivity contribution is -0.385. The number of nitrogens with zero attached hydrogens (tertiary/aromatic N) is 2. The largest absolute Gasteiger partial charge is 0.363 e. The number of benzene rings is 1. The molecule has 2 aromatic rings. The van der Waals surface area contributed by atoms with E-state index in [1.54, 1.807) is 19.1 Å². The molecule has 1 N–H and O–H groups in total. The quantitative estimate of drug-likeness (QED) is 0.654. The zero-order valence-electron chi connectivity index (χ0n) is 11.4. The standard InChI is InChI=1S/C14H13BrFN3O2/c1-8-12(19(20)21)7-17-14(13(8)15)18-9(2)10-4-3-5-11(16)6-10/h3-7,9H,1-2H3,(H,17,18). The summed E-state index contributed by atoms with van der Waals surface area (Å²) in [6, 6.07) is 6.05. The average Bonchev–Trinajstić information content (AvgIpc) is 2.43. The Balaban J connectivity index is 2.28. The molecule has 110 valence electrons. The molecule has 1 aromatic heterocycles. The minimum Gasteiger partial charge on any atom is -0.363 e. The Bertz CT molecular complexity index is 694. The van der Waals surface area contributed by atoms with Crippen molar-refractivity contribution in [3.63, 3.8) is 0 Å². The van der Waals surface area contributed by atoms with E-state index in [9.17, 15) is 14.5 Å². The van der Waals surface area contributed by atoms with Gasteiger partial charge in [0.1, 0.15) is 17.8 Å². The van der Waals surface area contributed by atoms with Gasteiger partial charge in [0.15, 0.2) is 0 Å². The van der Waals surface area contributed by atoms with Crippen molar-refractivity contribution in [1.29, 1.82) is 0 Å². The lowest BCUT2D eigenvalue weighted by Gasteiger charge is -2.16. The molecule has 0 amide bonds. The van der Waals surface area contributed by atoms with Gasteiger partial charge in [-0.05, 0) is 47.5 Å². The first kappa shape index (κ1) is 15.4. The number of aromatic nitrogens is 1. The predicted octanol–water partition coefficient (Wildman–Crippen LogP) is 4.37. The fourth-order valence-electron chi connectivity index (χ4n) is 1.92. The topological polar surface area (TPSA) is 68.1 Å². The van der Waals surface area contributed by atoms with Crippen LogP contribution in [0.25, 0.3) is 0 Å². The summed E-state index contributed by atoms with van der Waals surface area (Å²) in [6.07, 6.45) is 1.21. The number of anilines is 1. The van der Waals surface area contributed by atoms with Gasteiger partial charge in [0, 0.05) is 5.56 Å². The molecule has 0 aliphatic heterocycles. The lowest BCUT2D eigenvalue weighted by Crippen LogP contribution is -2.09. The number of halogens is 2. The van der Waals surface area contributed by atoms with E-state index in [0.29, 0.717) is 15.9 Å². The highest BCUT2D eigenvalue weighted by molar-refractivity contribution is 9.10. The van der Waals surface area contributed by atoms with Crippen LogP contribution in [0.1, 0.15) is 24.1 Å². The smallest absolute Gasteiger partial charge is 0.291 e. The number of nitro groups is 1. The van der Waals surface area contributed by atoms with Crippen LogP contribution >= 0.6 is 15.9 Å². The van der Waals surface area contributed by atoms with Crippen molar-refractivity contribution in [2.75, 3.05) is 5.32 Å². The number of rotatable bonds is 4. The molecule has 0 fully saturated rings. The Kier molecular flexibility index (Phi) is 4.52. The first-order valence-corrected chi connectivity index (χ1v) is 7.01. The molecule has 0 bridgehead atoms. The molecule has 1 unspecified atom stereocenters. The summed E-state index contributed by atoms with van der Waals surface area (Å²) >= 11 is 3.31. The fraction of sp³-hybridized carbons (Fsp3) is 0.214. The van der Waals surface area contributed by atoms with E-state index >= 15 is 0 Å². The number of nitrogens with one attached hydrogen (secondary N) is 1. The fourth-order valence-corrected chi connectivity index (χ4v) is 2.34. The van der Waals surface area contributed by atoms with Crippen LogP contribution in [0.5, 0.6) is 0 Å². The van der Waals surface area contributed by atoms with Crippen LogP contribution in [0.2, 0.25) is 0 Å². The predicted molar refractivity (Wildman–Crippen MR) is 81.8 cm³/mol. The minimum absolute atomic E-state index is 0.0502. The number of hydrogen-bond donors (Lipinski definition) is 1. The third kappa shape index (κ3) is 3.36. The van der Waals surface area contributed by atoms with E-state index in [2.05, 4.69) is 26.2 Å². The molecule has 0 radical (unpaired) electrons. The second-order valence-corrected chi connectivity index (χ2v) is 5.40. The molecule has 1 atom stereocenters. The van der Waals surface area contributed by atoms with Crippen LogP contribution in [-0.4, -0.2) is 9.91 Å². The van der Waals surface area contributed by atoms with Gasteiger partial charge < -0.3 is 5.32 Å². The van der Waals surface area contributed by atoms with Crippen LogP contribution in [0.3, 0.4) is 0 Å². The average molecular weight is 354 g/mol. The van der Waals surface area contributed by atoms with Crippen LogP contribution in [0.15, 0.2) is 34.9 Å². The van der Waals surface area contributed by atoms with E-state index in [-0.39, 0.29) is 17.5 Å². The van der Waals surface area contributed by atoms with Gasteiger partial charge in [-0.3, -0.25) is 10.1 Å². The van der Waals surface area contributed by atoms with Gasteiger partial charge in [0.05, 0.1) is 15.4 Å². The molecule has 1 aromatic carbocycles.